The van der Waals surface area contributed by atoms with Crippen molar-refractivity contribution in [3.63, 3.8) is 0 Å². The van der Waals surface area contributed by atoms with E-state index in [9.17, 15) is 22.9 Å². The van der Waals surface area contributed by atoms with Crippen LogP contribution in [0.25, 0.3) is 10.8 Å². The van der Waals surface area contributed by atoms with E-state index < -0.39 is 26.7 Å². The molecule has 190 valence electrons. The standard InChI is InChI=1S/C25H19Cl2N3O6S.Na/c1-13-9-22(37(33,34)35)19(27)12-21(13)29-30-23-16-6-4-3-5-14(16)10-17(24(23)31)25(32)28-20-8-7-15(36-2)11-18(20)26;/h3-12,31H,1-2H3,(H,28,32)(H,33,34,35);/q;+1/p-1. The summed E-state index contributed by atoms with van der Waals surface area (Å²) >= 11 is 12.2. The Balaban J connectivity index is 0.00000400. The molecule has 0 aliphatic carbocycles. The first-order valence-electron chi connectivity index (χ1n) is 10.6. The second kappa shape index (κ2) is 12.0. The minimum atomic E-state index is -4.54. The number of carbonyl (C=O) groups excluding carboxylic acids is 1. The molecule has 2 N–H and O–H groups in total. The molecule has 0 radical (unpaired) electrons. The predicted molar refractivity (Wildman–Crippen MR) is 140 cm³/mol. The first-order chi connectivity index (χ1) is 17.5. The van der Waals surface area contributed by atoms with E-state index in [4.69, 9.17) is 27.9 Å². The summed E-state index contributed by atoms with van der Waals surface area (Å²) in [5, 5.41) is 25.1. The molecule has 13 heteroatoms. The van der Waals surface area contributed by atoms with Crippen LogP contribution in [0.4, 0.5) is 17.1 Å². The molecule has 0 heterocycles. The number of halogens is 2. The first-order valence-corrected chi connectivity index (χ1v) is 12.8. The molecular formula is C25H18Cl2N3NaO6S. The summed E-state index contributed by atoms with van der Waals surface area (Å²) in [6.45, 7) is 1.54. The number of nitrogens with one attached hydrogen (secondary N) is 1. The van der Waals surface area contributed by atoms with E-state index in [1.807, 2.05) is 0 Å². The number of rotatable bonds is 6. The SMILES string of the molecule is COc1ccc(NC(=O)c2cc3ccccc3c(N=Nc3cc(Cl)c(S(=O)(=O)O)cc3C)c2[O-])c(Cl)c1.[Na+]. The van der Waals surface area contributed by atoms with E-state index in [-0.39, 0.29) is 62.2 Å². The normalized spacial score (nSPS) is 11.4. The van der Waals surface area contributed by atoms with Crippen LogP contribution in [0.15, 0.2) is 75.8 Å². The number of amides is 1. The van der Waals surface area contributed by atoms with Gasteiger partial charge in [0.25, 0.3) is 16.0 Å². The number of ether oxygens (including phenoxy) is 1. The Bertz CT molecular complexity index is 1700. The Morgan fingerprint density at radius 1 is 1.03 bits per heavy atom. The van der Waals surface area contributed by atoms with Gasteiger partial charge in [-0.15, -0.1) is 0 Å². The molecule has 0 aliphatic rings. The van der Waals surface area contributed by atoms with Gasteiger partial charge in [0.2, 0.25) is 0 Å². The molecule has 0 aliphatic heterocycles. The number of methoxy groups -OCH3 is 1. The van der Waals surface area contributed by atoms with Crippen molar-refractivity contribution in [3.05, 3.63) is 81.8 Å². The van der Waals surface area contributed by atoms with Gasteiger partial charge in [0.05, 0.1) is 34.2 Å². The van der Waals surface area contributed by atoms with E-state index in [2.05, 4.69) is 15.5 Å². The van der Waals surface area contributed by atoms with E-state index in [1.165, 1.54) is 32.2 Å². The zero-order chi connectivity index (χ0) is 26.9. The Morgan fingerprint density at radius 2 is 1.74 bits per heavy atom. The molecule has 0 saturated heterocycles. The summed E-state index contributed by atoms with van der Waals surface area (Å²) in [7, 11) is -3.06. The Morgan fingerprint density at radius 3 is 2.39 bits per heavy atom. The van der Waals surface area contributed by atoms with Crippen molar-refractivity contribution in [1.29, 1.82) is 0 Å². The van der Waals surface area contributed by atoms with Crippen molar-refractivity contribution in [2.75, 3.05) is 12.4 Å². The monoisotopic (exact) mass is 581 g/mol. The van der Waals surface area contributed by atoms with Crippen LogP contribution < -0.4 is 44.7 Å². The van der Waals surface area contributed by atoms with Crippen molar-refractivity contribution in [1.82, 2.24) is 0 Å². The van der Waals surface area contributed by atoms with Crippen molar-refractivity contribution >= 4 is 67.1 Å². The molecule has 9 nitrogen and oxygen atoms in total. The van der Waals surface area contributed by atoms with Gasteiger partial charge in [-0.3, -0.25) is 9.35 Å². The molecule has 4 rings (SSSR count). The third-order valence-electron chi connectivity index (χ3n) is 5.43. The van der Waals surface area contributed by atoms with Gasteiger partial charge in [0.15, 0.2) is 0 Å². The van der Waals surface area contributed by atoms with Crippen molar-refractivity contribution in [2.45, 2.75) is 11.8 Å². The number of hydrogen-bond acceptors (Lipinski definition) is 7. The van der Waals surface area contributed by atoms with Gasteiger partial charge in [-0.1, -0.05) is 53.2 Å². The van der Waals surface area contributed by atoms with E-state index in [1.54, 1.807) is 36.4 Å². The topological polar surface area (TPSA) is 140 Å². The van der Waals surface area contributed by atoms with Crippen LogP contribution in [0.5, 0.6) is 11.5 Å². The third kappa shape index (κ3) is 6.29. The third-order valence-corrected chi connectivity index (χ3v) is 7.06. The molecule has 0 unspecified atom stereocenters. The largest absolute Gasteiger partial charge is 1.00 e. The number of anilines is 1. The number of fused-ring (bicyclic) bond motifs is 1. The van der Waals surface area contributed by atoms with Gasteiger partial charge in [0.1, 0.15) is 10.6 Å². The van der Waals surface area contributed by atoms with Crippen LogP contribution in [0.3, 0.4) is 0 Å². The Kier molecular flexibility index (Phi) is 9.43. The zero-order valence-electron chi connectivity index (χ0n) is 20.3. The summed E-state index contributed by atoms with van der Waals surface area (Å²) in [5.41, 5.74) is 0.503. The average molecular weight is 582 g/mol. The van der Waals surface area contributed by atoms with Crippen LogP contribution in [-0.4, -0.2) is 26.0 Å². The number of nitrogens with zero attached hydrogens (tertiary/aromatic N) is 2. The second-order valence-electron chi connectivity index (χ2n) is 7.87. The van der Waals surface area contributed by atoms with Gasteiger partial charge in [-0.05, 0) is 48.2 Å². The predicted octanol–water partition coefficient (Wildman–Crippen LogP) is 3.46. The number of carbonyl (C=O) groups is 1. The van der Waals surface area contributed by atoms with E-state index in [0.717, 1.165) is 6.07 Å². The Hall–Kier alpha value is -2.70. The summed E-state index contributed by atoms with van der Waals surface area (Å²) < 4.78 is 37.4. The van der Waals surface area contributed by atoms with Crippen LogP contribution in [0.1, 0.15) is 15.9 Å². The van der Waals surface area contributed by atoms with Gasteiger partial charge in [-0.25, -0.2) is 0 Å². The maximum absolute atomic E-state index is 13.4. The van der Waals surface area contributed by atoms with Crippen LogP contribution in [-0.2, 0) is 10.1 Å². The minimum absolute atomic E-state index is 0. The zero-order valence-corrected chi connectivity index (χ0v) is 24.6. The number of aryl methyl sites for hydroxylation is 1. The summed E-state index contributed by atoms with van der Waals surface area (Å²) in [6, 6.07) is 15.3. The first kappa shape index (κ1) is 29.9. The van der Waals surface area contributed by atoms with Crippen molar-refractivity contribution in [2.24, 2.45) is 10.2 Å². The summed E-state index contributed by atoms with van der Waals surface area (Å²) in [5.74, 6) is -0.875. The maximum Gasteiger partial charge on any atom is 1.00 e. The van der Waals surface area contributed by atoms with Crippen LogP contribution in [0.2, 0.25) is 10.0 Å². The van der Waals surface area contributed by atoms with E-state index >= 15 is 0 Å². The molecule has 0 aromatic heterocycles. The number of benzene rings is 4. The van der Waals surface area contributed by atoms with Crippen LogP contribution in [0, 0.1) is 6.92 Å². The molecular weight excluding hydrogens is 564 g/mol. The molecule has 0 spiro atoms. The molecule has 0 saturated carbocycles. The fourth-order valence-corrected chi connectivity index (χ4v) is 4.84. The molecule has 0 fully saturated rings. The van der Waals surface area contributed by atoms with Gasteiger partial charge in [0, 0.05) is 17.0 Å². The summed E-state index contributed by atoms with van der Waals surface area (Å²) in [6.07, 6.45) is 0. The van der Waals surface area contributed by atoms with Crippen LogP contribution >= 0.6 is 23.2 Å². The second-order valence-corrected chi connectivity index (χ2v) is 10.1. The molecule has 38 heavy (non-hydrogen) atoms. The number of azo groups is 1. The van der Waals surface area contributed by atoms with Gasteiger partial charge < -0.3 is 15.2 Å². The fraction of sp³-hybridized carbons (Fsp3) is 0.0800. The van der Waals surface area contributed by atoms with Crippen molar-refractivity contribution in [3.8, 4) is 11.5 Å². The van der Waals surface area contributed by atoms with E-state index in [0.29, 0.717) is 22.1 Å². The average Bonchev–Trinajstić information content (AvgIpc) is 2.85. The summed E-state index contributed by atoms with van der Waals surface area (Å²) in [4.78, 5) is 12.6. The van der Waals surface area contributed by atoms with Gasteiger partial charge >= 0.3 is 29.6 Å². The smallest absolute Gasteiger partial charge is 0.870 e. The minimum Gasteiger partial charge on any atom is -0.870 e. The maximum atomic E-state index is 13.4. The van der Waals surface area contributed by atoms with Crippen molar-refractivity contribution < 1.29 is 57.2 Å². The fourth-order valence-electron chi connectivity index (χ4n) is 3.55. The molecule has 0 bridgehead atoms. The number of hydrogen-bond donors (Lipinski definition) is 2. The quantitative estimate of drug-likeness (QED) is 0.203. The van der Waals surface area contributed by atoms with Gasteiger partial charge in [-0.2, -0.15) is 18.6 Å². The Labute approximate surface area is 250 Å². The molecule has 4 aromatic rings. The molecule has 1 amide bonds. The molecule has 0 atom stereocenters. The molecule has 4 aromatic carbocycles.